The Bertz CT molecular complexity index is 1480. The Morgan fingerprint density at radius 3 is 2.30 bits per heavy atom. The van der Waals surface area contributed by atoms with Gasteiger partial charge in [0.05, 0.1) is 47.3 Å². The summed E-state index contributed by atoms with van der Waals surface area (Å²) in [5.74, 6) is -3.39. The Morgan fingerprint density at radius 1 is 0.932 bits per heavy atom. The summed E-state index contributed by atoms with van der Waals surface area (Å²) in [7, 11) is 0. The van der Waals surface area contributed by atoms with Crippen LogP contribution >= 0.6 is 0 Å². The summed E-state index contributed by atoms with van der Waals surface area (Å²) in [5, 5.41) is 75.7. The Kier molecular flexibility index (Phi) is 7.32. The average molecular weight is 617 g/mol. The van der Waals surface area contributed by atoms with Crippen LogP contribution in [0.15, 0.2) is 35.4 Å². The monoisotopic (exact) mass is 616 g/mol. The Morgan fingerprint density at radius 2 is 1.61 bits per heavy atom. The third-order valence-electron chi connectivity index (χ3n) is 9.57. The van der Waals surface area contributed by atoms with Crippen LogP contribution in [0.5, 0.6) is 5.75 Å². The third kappa shape index (κ3) is 4.53. The molecular formula is C31H36O13. The number of rotatable bonds is 3. The van der Waals surface area contributed by atoms with Crippen molar-refractivity contribution in [2.45, 2.75) is 112 Å². The number of benzene rings is 1. The molecule has 0 spiro atoms. The molecule has 6 rings (SSSR count). The number of phenols is 1. The van der Waals surface area contributed by atoms with E-state index in [1.807, 2.05) is 0 Å². The van der Waals surface area contributed by atoms with E-state index in [1.54, 1.807) is 13.8 Å². The fraction of sp³-hybridized carbons (Fsp3) is 0.581. The van der Waals surface area contributed by atoms with Crippen LogP contribution in [0.1, 0.15) is 78.8 Å². The maximum atomic E-state index is 13.8. The van der Waals surface area contributed by atoms with Gasteiger partial charge in [-0.25, -0.2) is 0 Å². The zero-order valence-corrected chi connectivity index (χ0v) is 24.3. The van der Waals surface area contributed by atoms with Crippen molar-refractivity contribution in [3.63, 3.8) is 0 Å². The van der Waals surface area contributed by atoms with Crippen molar-refractivity contribution < 1.29 is 64.3 Å². The maximum Gasteiger partial charge on any atom is 0.198 e. The number of Topliss-reactive ketones (excluding diaryl/α,β-unsaturated/α-hetero) is 3. The predicted octanol–water partition coefficient (Wildman–Crippen LogP) is -0.334. The Hall–Kier alpha value is -2.85. The SMILES string of the molecule is C[C@H]1O[C@@H](c2ccc3c(c2O)C(=O)C2=C(C3=O)[C@@]3(O)C(=O)C[C@](C)(O)C[C@@]3(O)C=C2)C[C@@H](O[C@@H]2C[C@@H](O)[C@H](O)[C@@H](C)O2)[C@@H]1O. The molecule has 238 valence electrons. The van der Waals surface area contributed by atoms with Crippen molar-refractivity contribution in [3.8, 4) is 5.75 Å². The first-order valence-electron chi connectivity index (χ1n) is 14.6. The van der Waals surface area contributed by atoms with Gasteiger partial charge in [0.2, 0.25) is 0 Å². The van der Waals surface area contributed by atoms with Crippen LogP contribution in [0.3, 0.4) is 0 Å². The fourth-order valence-corrected chi connectivity index (χ4v) is 7.24. The molecule has 11 atom stereocenters. The second-order valence-corrected chi connectivity index (χ2v) is 12.9. The van der Waals surface area contributed by atoms with E-state index in [2.05, 4.69) is 0 Å². The van der Waals surface area contributed by atoms with Crippen LogP contribution in [-0.2, 0) is 19.0 Å². The lowest BCUT2D eigenvalue weighted by Gasteiger charge is -2.51. The van der Waals surface area contributed by atoms with Crippen molar-refractivity contribution in [2.24, 2.45) is 0 Å². The van der Waals surface area contributed by atoms with E-state index < -0.39 is 107 Å². The molecule has 2 heterocycles. The number of fused-ring (bicyclic) bond motifs is 3. The van der Waals surface area contributed by atoms with Gasteiger partial charge >= 0.3 is 0 Å². The van der Waals surface area contributed by atoms with Gasteiger partial charge < -0.3 is 50.0 Å². The van der Waals surface area contributed by atoms with Crippen molar-refractivity contribution in [1.29, 1.82) is 0 Å². The lowest BCUT2D eigenvalue weighted by atomic mass is 9.57. The molecule has 2 saturated heterocycles. The van der Waals surface area contributed by atoms with Crippen LogP contribution in [0, 0.1) is 0 Å². The highest BCUT2D eigenvalue weighted by atomic mass is 16.7. The third-order valence-corrected chi connectivity index (χ3v) is 9.57. The molecule has 2 aliphatic heterocycles. The second kappa shape index (κ2) is 10.3. The van der Waals surface area contributed by atoms with Crippen molar-refractivity contribution in [3.05, 3.63) is 52.1 Å². The van der Waals surface area contributed by atoms with E-state index >= 15 is 0 Å². The van der Waals surface area contributed by atoms with Gasteiger partial charge in [-0.15, -0.1) is 0 Å². The average Bonchev–Trinajstić information content (AvgIpc) is 2.93. The van der Waals surface area contributed by atoms with Crippen molar-refractivity contribution in [2.75, 3.05) is 0 Å². The summed E-state index contributed by atoms with van der Waals surface area (Å²) in [6.45, 7) is 4.49. The number of aliphatic hydroxyl groups excluding tert-OH is 3. The molecule has 13 heteroatoms. The molecule has 1 aromatic rings. The van der Waals surface area contributed by atoms with Gasteiger partial charge in [-0.1, -0.05) is 12.1 Å². The lowest BCUT2D eigenvalue weighted by molar-refractivity contribution is -0.287. The second-order valence-electron chi connectivity index (χ2n) is 12.9. The van der Waals surface area contributed by atoms with Gasteiger partial charge in [0.25, 0.3) is 0 Å². The van der Waals surface area contributed by atoms with Crippen LogP contribution in [0.2, 0.25) is 0 Å². The topological polar surface area (TPSA) is 221 Å². The fourth-order valence-electron chi connectivity index (χ4n) is 7.24. The van der Waals surface area contributed by atoms with Gasteiger partial charge in [0, 0.05) is 42.4 Å². The van der Waals surface area contributed by atoms with Crippen LogP contribution < -0.4 is 0 Å². The molecule has 1 aromatic carbocycles. The zero-order chi connectivity index (χ0) is 32.1. The van der Waals surface area contributed by atoms with Gasteiger partial charge in [0.1, 0.15) is 23.6 Å². The van der Waals surface area contributed by atoms with E-state index in [4.69, 9.17) is 14.2 Å². The molecule has 1 saturated carbocycles. The Balaban J connectivity index is 1.32. The van der Waals surface area contributed by atoms with Crippen molar-refractivity contribution in [1.82, 2.24) is 0 Å². The normalized spacial score (nSPS) is 43.9. The number of aliphatic hydroxyl groups is 6. The summed E-state index contributed by atoms with van der Waals surface area (Å²) >= 11 is 0. The number of hydrogen-bond acceptors (Lipinski definition) is 13. The lowest BCUT2D eigenvalue weighted by Crippen LogP contribution is -2.69. The summed E-state index contributed by atoms with van der Waals surface area (Å²) < 4.78 is 17.6. The van der Waals surface area contributed by atoms with Gasteiger partial charge in [-0.05, 0) is 32.9 Å². The number of ketones is 3. The van der Waals surface area contributed by atoms with E-state index in [9.17, 15) is 50.1 Å². The zero-order valence-electron chi connectivity index (χ0n) is 24.3. The largest absolute Gasteiger partial charge is 0.507 e. The van der Waals surface area contributed by atoms with Crippen molar-refractivity contribution >= 4 is 17.3 Å². The first-order chi connectivity index (χ1) is 20.5. The smallest absolute Gasteiger partial charge is 0.198 e. The molecule has 5 aliphatic rings. The van der Waals surface area contributed by atoms with Gasteiger partial charge in [0.15, 0.2) is 29.2 Å². The molecule has 7 N–H and O–H groups in total. The molecular weight excluding hydrogens is 580 g/mol. The highest BCUT2D eigenvalue weighted by molar-refractivity contribution is 6.31. The maximum absolute atomic E-state index is 13.8. The highest BCUT2D eigenvalue weighted by Crippen LogP contribution is 2.52. The number of carbonyl (C=O) groups excluding carboxylic acids is 3. The minimum Gasteiger partial charge on any atom is -0.507 e. The first-order valence-corrected chi connectivity index (χ1v) is 14.6. The summed E-state index contributed by atoms with van der Waals surface area (Å²) in [5.41, 5.74) is -8.33. The van der Waals surface area contributed by atoms with Gasteiger partial charge in [-0.3, -0.25) is 14.4 Å². The Labute approximate surface area is 252 Å². The van der Waals surface area contributed by atoms with E-state index in [0.29, 0.717) is 0 Å². The minimum atomic E-state index is -2.79. The highest BCUT2D eigenvalue weighted by Gasteiger charge is 2.66. The number of aromatic hydroxyl groups is 1. The van der Waals surface area contributed by atoms with Crippen LogP contribution in [-0.4, -0.2) is 113 Å². The molecule has 0 radical (unpaired) electrons. The molecule has 0 bridgehead atoms. The molecule has 44 heavy (non-hydrogen) atoms. The van der Waals surface area contributed by atoms with E-state index in [-0.39, 0.29) is 35.1 Å². The molecule has 3 fully saturated rings. The molecule has 0 amide bonds. The summed E-state index contributed by atoms with van der Waals surface area (Å²) in [6, 6.07) is 2.62. The van der Waals surface area contributed by atoms with Gasteiger partial charge in [-0.2, -0.15) is 0 Å². The molecule has 0 aromatic heterocycles. The number of hydrogen-bond donors (Lipinski definition) is 7. The number of carbonyl (C=O) groups is 3. The predicted molar refractivity (Wildman–Crippen MR) is 147 cm³/mol. The van der Waals surface area contributed by atoms with E-state index in [0.717, 1.165) is 12.2 Å². The standard InChI is InChI=1S/C31H36O13/c1-12-24(34)17(32)8-21(43-12)44-19-9-18(42-13(2)25(19)35)14-4-5-15-22(26(14)36)27(37)16-6-7-30(40)11-29(3,39)10-20(33)31(30,41)23(16)28(15)38/h4-7,12-13,17-19,21,24-25,32,34-36,39-41H,8-11H2,1-3H3/t12-,13-,17-,18-,19-,21-,24-,25-,29+,30+,31+/m1/s1. The molecule has 0 unspecified atom stereocenters. The molecule has 3 aliphatic carbocycles. The number of phenolic OH excluding ortho intramolecular Hbond substituents is 1. The van der Waals surface area contributed by atoms with Crippen LogP contribution in [0.4, 0.5) is 0 Å². The molecule has 13 nitrogen and oxygen atoms in total. The quantitative estimate of drug-likeness (QED) is 0.231. The van der Waals surface area contributed by atoms with Crippen LogP contribution in [0.25, 0.3) is 0 Å². The first kappa shape index (κ1) is 31.1. The number of allylic oxidation sites excluding steroid dienone is 2. The summed E-state index contributed by atoms with van der Waals surface area (Å²) in [4.78, 5) is 40.8. The number of ether oxygens (including phenoxy) is 3. The summed E-state index contributed by atoms with van der Waals surface area (Å²) in [6.07, 6.45) is -6.54. The minimum absolute atomic E-state index is 0.0120. The van der Waals surface area contributed by atoms with E-state index in [1.165, 1.54) is 19.1 Å².